The monoisotopic (exact) mass is 255 g/mol. The van der Waals surface area contributed by atoms with Gasteiger partial charge in [-0.15, -0.1) is 0 Å². The third-order valence-electron chi connectivity index (χ3n) is 4.45. The minimum atomic E-state index is 0.543. The van der Waals surface area contributed by atoms with Crippen LogP contribution in [-0.2, 0) is 0 Å². The van der Waals surface area contributed by atoms with Gasteiger partial charge in [-0.1, -0.05) is 30.9 Å². The summed E-state index contributed by atoms with van der Waals surface area (Å²) in [6.45, 7) is 4.21. The molecule has 1 fully saturated rings. The van der Waals surface area contributed by atoms with E-state index < -0.39 is 0 Å². The average molecular weight is 255 g/mol. The Kier molecular flexibility index (Phi) is 3.17. The number of nitrogens with one attached hydrogen (secondary N) is 1. The predicted octanol–water partition coefficient (Wildman–Crippen LogP) is 4.64. The summed E-state index contributed by atoms with van der Waals surface area (Å²) in [4.78, 5) is 15.1. The second-order valence-corrected chi connectivity index (χ2v) is 5.91. The van der Waals surface area contributed by atoms with Crippen molar-refractivity contribution in [2.24, 2.45) is 0 Å². The van der Waals surface area contributed by atoms with E-state index in [2.05, 4.69) is 31.0 Å². The van der Waals surface area contributed by atoms with Gasteiger partial charge in [-0.3, -0.25) is 4.79 Å². The summed E-state index contributed by atoms with van der Waals surface area (Å²) in [7, 11) is 0. The molecule has 1 aromatic carbocycles. The SMILES string of the molecule is Cc1cc(C)c2[nH]c(C3CCCCC3)c(C=O)c2c1. The molecule has 2 nitrogen and oxygen atoms in total. The largest absolute Gasteiger partial charge is 0.357 e. The molecule has 0 unspecified atom stereocenters. The molecule has 1 aromatic heterocycles. The van der Waals surface area contributed by atoms with Crippen LogP contribution in [0.2, 0.25) is 0 Å². The lowest BCUT2D eigenvalue weighted by Crippen LogP contribution is -2.06. The van der Waals surface area contributed by atoms with Crippen LogP contribution in [0.4, 0.5) is 0 Å². The lowest BCUT2D eigenvalue weighted by atomic mass is 9.85. The normalized spacial score (nSPS) is 16.9. The van der Waals surface area contributed by atoms with Crippen LogP contribution in [0, 0.1) is 13.8 Å². The van der Waals surface area contributed by atoms with Gasteiger partial charge in [-0.05, 0) is 44.2 Å². The number of carbonyl (C=O) groups is 1. The smallest absolute Gasteiger partial charge is 0.152 e. The summed E-state index contributed by atoms with van der Waals surface area (Å²) in [6.07, 6.45) is 7.39. The Morgan fingerprint density at radius 3 is 2.58 bits per heavy atom. The van der Waals surface area contributed by atoms with Crippen LogP contribution in [0.15, 0.2) is 12.1 Å². The van der Waals surface area contributed by atoms with Crippen LogP contribution in [0.25, 0.3) is 10.9 Å². The Balaban J connectivity index is 2.18. The first kappa shape index (κ1) is 12.5. The third kappa shape index (κ3) is 2.09. The minimum absolute atomic E-state index is 0.543. The molecule has 1 aliphatic rings. The van der Waals surface area contributed by atoms with Crippen molar-refractivity contribution in [2.45, 2.75) is 51.9 Å². The molecule has 0 aliphatic heterocycles. The van der Waals surface area contributed by atoms with Gasteiger partial charge in [0.25, 0.3) is 0 Å². The number of aryl methyl sites for hydroxylation is 2. The molecule has 1 saturated carbocycles. The Morgan fingerprint density at radius 2 is 1.89 bits per heavy atom. The zero-order chi connectivity index (χ0) is 13.4. The molecule has 2 aromatic rings. The van der Waals surface area contributed by atoms with Gasteiger partial charge < -0.3 is 4.98 Å². The highest BCUT2D eigenvalue weighted by molar-refractivity contribution is 6.00. The second-order valence-electron chi connectivity index (χ2n) is 5.91. The maximum atomic E-state index is 11.5. The topological polar surface area (TPSA) is 32.9 Å². The second kappa shape index (κ2) is 4.84. The van der Waals surface area contributed by atoms with E-state index in [0.29, 0.717) is 5.92 Å². The first-order valence-corrected chi connectivity index (χ1v) is 7.28. The first-order valence-electron chi connectivity index (χ1n) is 7.28. The van der Waals surface area contributed by atoms with Crippen LogP contribution in [-0.4, -0.2) is 11.3 Å². The Bertz CT molecular complexity index is 618. The van der Waals surface area contributed by atoms with E-state index in [1.165, 1.54) is 48.9 Å². The van der Waals surface area contributed by atoms with E-state index in [0.717, 1.165) is 22.8 Å². The number of hydrogen-bond donors (Lipinski definition) is 1. The third-order valence-corrected chi connectivity index (χ3v) is 4.45. The van der Waals surface area contributed by atoms with Crippen LogP contribution >= 0.6 is 0 Å². The van der Waals surface area contributed by atoms with E-state index in [4.69, 9.17) is 0 Å². The molecular weight excluding hydrogens is 234 g/mol. The number of H-pyrrole nitrogens is 1. The molecule has 100 valence electrons. The standard InChI is InChI=1S/C17H21NO/c1-11-8-12(2)16-14(9-11)15(10-19)17(18-16)13-6-4-3-5-7-13/h8-10,13,18H,3-7H2,1-2H3. The van der Waals surface area contributed by atoms with Gasteiger partial charge in [0, 0.05) is 22.2 Å². The van der Waals surface area contributed by atoms with E-state index in [1.807, 2.05) is 0 Å². The fraction of sp³-hybridized carbons (Fsp3) is 0.471. The molecule has 0 atom stereocenters. The Labute approximate surface area is 114 Å². The van der Waals surface area contributed by atoms with Crippen molar-refractivity contribution in [1.82, 2.24) is 4.98 Å². The lowest BCUT2D eigenvalue weighted by Gasteiger charge is -2.21. The fourth-order valence-corrected chi connectivity index (χ4v) is 3.53. The molecule has 0 radical (unpaired) electrons. The number of aldehydes is 1. The lowest BCUT2D eigenvalue weighted by molar-refractivity contribution is 0.112. The highest BCUT2D eigenvalue weighted by atomic mass is 16.1. The van der Waals surface area contributed by atoms with Crippen molar-refractivity contribution in [3.63, 3.8) is 0 Å². The number of hydrogen-bond acceptors (Lipinski definition) is 1. The molecule has 0 bridgehead atoms. The van der Waals surface area contributed by atoms with Crippen molar-refractivity contribution in [3.8, 4) is 0 Å². The zero-order valence-electron chi connectivity index (χ0n) is 11.8. The van der Waals surface area contributed by atoms with Gasteiger partial charge in [0.1, 0.15) is 0 Å². The summed E-state index contributed by atoms with van der Waals surface area (Å²) in [6, 6.07) is 4.31. The van der Waals surface area contributed by atoms with Crippen LogP contribution in [0.5, 0.6) is 0 Å². The molecule has 1 N–H and O–H groups in total. The molecule has 0 spiro atoms. The number of benzene rings is 1. The molecule has 0 amide bonds. The number of aromatic amines is 1. The van der Waals surface area contributed by atoms with Crippen molar-refractivity contribution in [3.05, 3.63) is 34.5 Å². The van der Waals surface area contributed by atoms with Crippen molar-refractivity contribution >= 4 is 17.2 Å². The van der Waals surface area contributed by atoms with E-state index >= 15 is 0 Å². The zero-order valence-corrected chi connectivity index (χ0v) is 11.8. The number of aromatic nitrogens is 1. The summed E-state index contributed by atoms with van der Waals surface area (Å²) in [5, 5.41) is 1.10. The highest BCUT2D eigenvalue weighted by Crippen LogP contribution is 2.37. The van der Waals surface area contributed by atoms with E-state index in [1.54, 1.807) is 0 Å². The maximum absolute atomic E-state index is 11.5. The average Bonchev–Trinajstić information content (AvgIpc) is 2.78. The predicted molar refractivity (Wildman–Crippen MR) is 79.0 cm³/mol. The van der Waals surface area contributed by atoms with Gasteiger partial charge in [0.15, 0.2) is 6.29 Å². The van der Waals surface area contributed by atoms with Gasteiger partial charge >= 0.3 is 0 Å². The fourth-order valence-electron chi connectivity index (χ4n) is 3.53. The van der Waals surface area contributed by atoms with Crippen LogP contribution in [0.1, 0.15) is 65.2 Å². The minimum Gasteiger partial charge on any atom is -0.357 e. The van der Waals surface area contributed by atoms with Gasteiger partial charge in [0.05, 0.1) is 0 Å². The van der Waals surface area contributed by atoms with Crippen molar-refractivity contribution in [2.75, 3.05) is 0 Å². The molecule has 3 rings (SSSR count). The summed E-state index contributed by atoms with van der Waals surface area (Å²) < 4.78 is 0. The van der Waals surface area contributed by atoms with Crippen molar-refractivity contribution < 1.29 is 4.79 Å². The Morgan fingerprint density at radius 1 is 1.16 bits per heavy atom. The molecule has 0 saturated heterocycles. The summed E-state index contributed by atoms with van der Waals surface area (Å²) in [5.41, 5.74) is 5.68. The van der Waals surface area contributed by atoms with E-state index in [9.17, 15) is 4.79 Å². The molecule has 1 heterocycles. The highest BCUT2D eigenvalue weighted by Gasteiger charge is 2.22. The maximum Gasteiger partial charge on any atom is 0.152 e. The molecular formula is C17H21NO. The number of rotatable bonds is 2. The van der Waals surface area contributed by atoms with Crippen molar-refractivity contribution in [1.29, 1.82) is 0 Å². The molecule has 2 heteroatoms. The van der Waals surface area contributed by atoms with Gasteiger partial charge in [-0.2, -0.15) is 0 Å². The van der Waals surface area contributed by atoms with Gasteiger partial charge in [-0.25, -0.2) is 0 Å². The quantitative estimate of drug-likeness (QED) is 0.779. The summed E-state index contributed by atoms with van der Waals surface area (Å²) >= 11 is 0. The first-order chi connectivity index (χ1) is 9.20. The summed E-state index contributed by atoms with van der Waals surface area (Å²) in [5.74, 6) is 0.543. The van der Waals surface area contributed by atoms with Crippen LogP contribution in [0.3, 0.4) is 0 Å². The molecule has 19 heavy (non-hydrogen) atoms. The van der Waals surface area contributed by atoms with Gasteiger partial charge in [0.2, 0.25) is 0 Å². The molecule has 1 aliphatic carbocycles. The Hall–Kier alpha value is -1.57. The number of fused-ring (bicyclic) bond motifs is 1. The number of carbonyl (C=O) groups excluding carboxylic acids is 1. The van der Waals surface area contributed by atoms with Crippen LogP contribution < -0.4 is 0 Å². The van der Waals surface area contributed by atoms with E-state index in [-0.39, 0.29) is 0 Å².